The number of rotatable bonds is 3. The smallest absolute Gasteiger partial charge is 0.126 e. The summed E-state index contributed by atoms with van der Waals surface area (Å²) in [5.41, 5.74) is 3.80. The summed E-state index contributed by atoms with van der Waals surface area (Å²) in [5.74, 6) is 6.33. The molecule has 80 valence electrons. The molecule has 0 aromatic carbocycles. The van der Waals surface area contributed by atoms with Crippen molar-refractivity contribution >= 4 is 43.2 Å². The average Bonchev–Trinajstić information content (AvgIpc) is 2.79. The largest absolute Gasteiger partial charge is 0.467 e. The highest BCUT2D eigenvalue weighted by Gasteiger charge is 2.19. The normalized spacial score (nSPS) is 13.0. The number of nitrogens with one attached hydrogen (secondary N) is 1. The number of halogens is 2. The van der Waals surface area contributed by atoms with Gasteiger partial charge in [-0.2, -0.15) is 0 Å². The van der Waals surface area contributed by atoms with E-state index in [1.165, 1.54) is 0 Å². The van der Waals surface area contributed by atoms with Gasteiger partial charge in [0.2, 0.25) is 0 Å². The van der Waals surface area contributed by atoms with Gasteiger partial charge in [-0.25, -0.2) is 5.43 Å². The Hall–Kier alpha value is -0.140. The van der Waals surface area contributed by atoms with Gasteiger partial charge in [-0.15, -0.1) is 11.3 Å². The minimum atomic E-state index is -0.128. The molecular formula is C9H8Br2N2OS. The van der Waals surface area contributed by atoms with Crippen molar-refractivity contribution in [3.05, 3.63) is 43.4 Å². The molecule has 0 aliphatic heterocycles. The van der Waals surface area contributed by atoms with E-state index in [1.807, 2.05) is 18.2 Å². The van der Waals surface area contributed by atoms with Crippen molar-refractivity contribution in [3.8, 4) is 0 Å². The Morgan fingerprint density at radius 3 is 2.73 bits per heavy atom. The topological polar surface area (TPSA) is 51.2 Å². The van der Waals surface area contributed by atoms with E-state index in [0.29, 0.717) is 0 Å². The van der Waals surface area contributed by atoms with Crippen LogP contribution in [0.1, 0.15) is 17.4 Å². The van der Waals surface area contributed by atoms with Crippen LogP contribution in [0.3, 0.4) is 0 Å². The monoisotopic (exact) mass is 350 g/mol. The maximum Gasteiger partial charge on any atom is 0.126 e. The van der Waals surface area contributed by atoms with Gasteiger partial charge < -0.3 is 4.42 Å². The molecule has 2 heterocycles. The summed E-state index contributed by atoms with van der Waals surface area (Å²) >= 11 is 8.53. The van der Waals surface area contributed by atoms with Crippen molar-refractivity contribution < 1.29 is 4.42 Å². The lowest BCUT2D eigenvalue weighted by Crippen LogP contribution is -2.28. The van der Waals surface area contributed by atoms with E-state index < -0.39 is 0 Å². The first kappa shape index (κ1) is 11.3. The van der Waals surface area contributed by atoms with Crippen molar-refractivity contribution in [2.45, 2.75) is 6.04 Å². The van der Waals surface area contributed by atoms with E-state index in [2.05, 4.69) is 37.3 Å². The molecule has 3 nitrogen and oxygen atoms in total. The van der Waals surface area contributed by atoms with Gasteiger partial charge in [-0.3, -0.25) is 5.84 Å². The SMILES string of the molecule is NNC(c1ccco1)c1cc(Br)sc1Br. The van der Waals surface area contributed by atoms with Crippen molar-refractivity contribution in [2.24, 2.45) is 5.84 Å². The van der Waals surface area contributed by atoms with Gasteiger partial charge in [0.1, 0.15) is 11.8 Å². The third-order valence-electron chi connectivity index (χ3n) is 1.99. The van der Waals surface area contributed by atoms with E-state index in [0.717, 1.165) is 18.9 Å². The summed E-state index contributed by atoms with van der Waals surface area (Å²) in [4.78, 5) is 0. The standard InChI is InChI=1S/C9H8Br2N2OS/c10-7-4-5(9(11)15-7)8(13-12)6-2-1-3-14-6/h1-4,8,13H,12H2. The molecule has 0 saturated heterocycles. The lowest BCUT2D eigenvalue weighted by Gasteiger charge is -2.12. The number of hydrazine groups is 1. The zero-order chi connectivity index (χ0) is 10.8. The van der Waals surface area contributed by atoms with Gasteiger partial charge in [0.25, 0.3) is 0 Å². The van der Waals surface area contributed by atoms with Gasteiger partial charge in [0.05, 0.1) is 13.8 Å². The van der Waals surface area contributed by atoms with E-state index in [-0.39, 0.29) is 6.04 Å². The summed E-state index contributed by atoms with van der Waals surface area (Å²) in [6.45, 7) is 0. The predicted molar refractivity (Wildman–Crippen MR) is 67.6 cm³/mol. The van der Waals surface area contributed by atoms with Gasteiger partial charge >= 0.3 is 0 Å². The lowest BCUT2D eigenvalue weighted by molar-refractivity contribution is 0.452. The average molecular weight is 352 g/mol. The highest BCUT2D eigenvalue weighted by atomic mass is 79.9. The molecule has 0 saturated carbocycles. The summed E-state index contributed by atoms with van der Waals surface area (Å²) in [6, 6.07) is 5.62. The summed E-state index contributed by atoms with van der Waals surface area (Å²) < 4.78 is 7.42. The second kappa shape index (κ2) is 4.80. The number of nitrogens with two attached hydrogens (primary N) is 1. The Balaban J connectivity index is 2.39. The molecule has 15 heavy (non-hydrogen) atoms. The third kappa shape index (κ3) is 2.34. The van der Waals surface area contributed by atoms with Crippen LogP contribution in [0, 0.1) is 0 Å². The summed E-state index contributed by atoms with van der Waals surface area (Å²) in [5, 5.41) is 0. The lowest BCUT2D eigenvalue weighted by atomic mass is 10.1. The van der Waals surface area contributed by atoms with Gasteiger partial charge in [0, 0.05) is 5.56 Å². The Bertz CT molecular complexity index is 441. The van der Waals surface area contributed by atoms with Crippen LogP contribution < -0.4 is 11.3 Å². The van der Waals surface area contributed by atoms with Crippen LogP contribution in [0.15, 0.2) is 36.5 Å². The van der Waals surface area contributed by atoms with Crippen LogP contribution in [-0.2, 0) is 0 Å². The number of furan rings is 1. The van der Waals surface area contributed by atoms with Crippen LogP contribution in [-0.4, -0.2) is 0 Å². The molecule has 0 radical (unpaired) electrons. The Labute approximate surface area is 108 Å². The minimum Gasteiger partial charge on any atom is -0.467 e. The molecule has 0 aliphatic rings. The second-order valence-electron chi connectivity index (χ2n) is 2.89. The summed E-state index contributed by atoms with van der Waals surface area (Å²) in [6.07, 6.45) is 1.63. The van der Waals surface area contributed by atoms with Crippen molar-refractivity contribution in [3.63, 3.8) is 0 Å². The van der Waals surface area contributed by atoms with Crippen LogP contribution in [0.4, 0.5) is 0 Å². The molecule has 0 fully saturated rings. The van der Waals surface area contributed by atoms with Gasteiger partial charge in [-0.1, -0.05) is 0 Å². The molecule has 2 rings (SSSR count). The fourth-order valence-electron chi connectivity index (χ4n) is 1.33. The van der Waals surface area contributed by atoms with Gasteiger partial charge in [-0.05, 0) is 50.1 Å². The molecule has 1 atom stereocenters. The maximum absolute atomic E-state index is 5.53. The highest BCUT2D eigenvalue weighted by molar-refractivity contribution is 9.12. The minimum absolute atomic E-state index is 0.128. The maximum atomic E-state index is 5.53. The first-order valence-corrected chi connectivity index (χ1v) is 6.57. The van der Waals surface area contributed by atoms with E-state index in [9.17, 15) is 0 Å². The molecule has 3 N–H and O–H groups in total. The Kier molecular flexibility index (Phi) is 3.63. The van der Waals surface area contributed by atoms with Crippen LogP contribution in [0.25, 0.3) is 0 Å². The van der Waals surface area contributed by atoms with E-state index in [4.69, 9.17) is 10.3 Å². The molecule has 0 spiro atoms. The van der Waals surface area contributed by atoms with E-state index >= 15 is 0 Å². The highest BCUT2D eigenvalue weighted by Crippen LogP contribution is 2.37. The Morgan fingerprint density at radius 1 is 1.47 bits per heavy atom. The van der Waals surface area contributed by atoms with Gasteiger partial charge in [0.15, 0.2) is 0 Å². The molecule has 0 aliphatic carbocycles. The fourth-order valence-corrected chi connectivity index (χ4v) is 4.23. The van der Waals surface area contributed by atoms with Crippen molar-refractivity contribution in [1.82, 2.24) is 5.43 Å². The molecular weight excluding hydrogens is 344 g/mol. The fraction of sp³-hybridized carbons (Fsp3) is 0.111. The second-order valence-corrected chi connectivity index (χ2v) is 6.64. The molecule has 0 bridgehead atoms. The summed E-state index contributed by atoms with van der Waals surface area (Å²) in [7, 11) is 0. The Morgan fingerprint density at radius 2 is 2.27 bits per heavy atom. The third-order valence-corrected chi connectivity index (χ3v) is 4.37. The van der Waals surface area contributed by atoms with Crippen molar-refractivity contribution in [1.29, 1.82) is 0 Å². The number of thiophene rings is 1. The number of hydrogen-bond acceptors (Lipinski definition) is 4. The molecule has 6 heteroatoms. The van der Waals surface area contributed by atoms with Crippen LogP contribution in [0.2, 0.25) is 0 Å². The zero-order valence-corrected chi connectivity index (χ0v) is 11.5. The molecule has 0 amide bonds. The first-order chi connectivity index (χ1) is 7.22. The number of hydrogen-bond donors (Lipinski definition) is 2. The molecule has 1 unspecified atom stereocenters. The quantitative estimate of drug-likeness (QED) is 0.658. The first-order valence-electron chi connectivity index (χ1n) is 4.16. The molecule has 2 aromatic rings. The molecule has 2 aromatic heterocycles. The predicted octanol–water partition coefficient (Wildman–Crippen LogP) is 3.42. The van der Waals surface area contributed by atoms with Crippen LogP contribution in [0.5, 0.6) is 0 Å². The zero-order valence-electron chi connectivity index (χ0n) is 7.54. The van der Waals surface area contributed by atoms with Crippen LogP contribution >= 0.6 is 43.2 Å². The van der Waals surface area contributed by atoms with Crippen molar-refractivity contribution in [2.75, 3.05) is 0 Å². The van der Waals surface area contributed by atoms with E-state index in [1.54, 1.807) is 17.6 Å².